The quantitative estimate of drug-likeness (QED) is 0.279. The second kappa shape index (κ2) is 11.9. The van der Waals surface area contributed by atoms with Crippen molar-refractivity contribution in [3.8, 4) is 5.75 Å². The zero-order valence-electron chi connectivity index (χ0n) is 21.8. The molecular weight excluding hydrogens is 502 g/mol. The number of carbonyl (C=O) groups excluding carboxylic acids is 3. The van der Waals surface area contributed by atoms with Gasteiger partial charge < -0.3 is 36.8 Å². The zero-order valence-corrected chi connectivity index (χ0v) is 21.8. The number of aryl methyl sites for hydroxylation is 1. The van der Waals surface area contributed by atoms with E-state index in [-0.39, 0.29) is 37.2 Å². The Morgan fingerprint density at radius 1 is 1.13 bits per heavy atom. The lowest BCUT2D eigenvalue weighted by atomic mass is 9.59. The zero-order chi connectivity index (χ0) is 27.8. The summed E-state index contributed by atoms with van der Waals surface area (Å²) in [5, 5.41) is 50.3. The second-order valence-corrected chi connectivity index (χ2v) is 10.7. The van der Waals surface area contributed by atoms with E-state index in [1.165, 1.54) is 0 Å². The number of aliphatic hydroxyl groups excluding tert-OH is 2. The number of hydrogen-bond acceptors (Lipinski definition) is 9. The molecule has 3 aliphatic carbocycles. The molecule has 1 aliphatic heterocycles. The van der Waals surface area contributed by atoms with Gasteiger partial charge in [0, 0.05) is 17.9 Å². The van der Waals surface area contributed by atoms with E-state index >= 15 is 0 Å². The van der Waals surface area contributed by atoms with Crippen LogP contribution in [0.5, 0.6) is 5.75 Å². The molecule has 8 N–H and O–H groups in total. The molecule has 1 saturated carbocycles. The smallest absolute Gasteiger partial charge is 0.255 e. The van der Waals surface area contributed by atoms with Crippen LogP contribution in [0.25, 0.3) is 5.76 Å². The molecule has 10 heteroatoms. The van der Waals surface area contributed by atoms with E-state index in [9.17, 15) is 34.8 Å². The SMILES string of the molecule is C.CNC.NC(=O)C1=C(O)[C@@]2(O)C(=O)C3=C(O)c4c(ccc(CCC5CCNCC5)c4O)C[C@H]3C[C@H]2CC1=O. The average Bonchev–Trinajstić information content (AvgIpc) is 2.86. The number of primary amides is 1. The number of benzene rings is 1. The lowest BCUT2D eigenvalue weighted by molar-refractivity contribution is -0.147. The van der Waals surface area contributed by atoms with Crippen molar-refractivity contribution in [3.63, 3.8) is 0 Å². The van der Waals surface area contributed by atoms with Crippen molar-refractivity contribution < 1.29 is 34.8 Å². The van der Waals surface area contributed by atoms with Crippen LogP contribution >= 0.6 is 0 Å². The van der Waals surface area contributed by atoms with Crippen LogP contribution in [0.15, 0.2) is 29.0 Å². The number of amides is 1. The van der Waals surface area contributed by atoms with E-state index in [1.807, 2.05) is 26.2 Å². The van der Waals surface area contributed by atoms with Gasteiger partial charge in [-0.25, -0.2) is 0 Å². The summed E-state index contributed by atoms with van der Waals surface area (Å²) in [5.41, 5.74) is 3.32. The highest BCUT2D eigenvalue weighted by Crippen LogP contribution is 2.52. The van der Waals surface area contributed by atoms with Crippen LogP contribution < -0.4 is 16.4 Å². The van der Waals surface area contributed by atoms with Gasteiger partial charge in [-0.3, -0.25) is 14.4 Å². The van der Waals surface area contributed by atoms with E-state index in [4.69, 9.17) is 5.73 Å². The van der Waals surface area contributed by atoms with E-state index in [2.05, 4.69) is 10.6 Å². The number of piperidine rings is 1. The largest absolute Gasteiger partial charge is 0.508 e. The number of phenolic OH excluding ortho intramolecular Hbond substituents is 1. The van der Waals surface area contributed by atoms with E-state index < -0.39 is 52.0 Å². The fourth-order valence-corrected chi connectivity index (χ4v) is 6.37. The van der Waals surface area contributed by atoms with Gasteiger partial charge in [-0.2, -0.15) is 0 Å². The Balaban J connectivity index is 0.00000101. The van der Waals surface area contributed by atoms with Crippen LogP contribution in [0.1, 0.15) is 56.2 Å². The molecule has 39 heavy (non-hydrogen) atoms. The van der Waals surface area contributed by atoms with Gasteiger partial charge in [0.1, 0.15) is 22.8 Å². The minimum absolute atomic E-state index is 0. The van der Waals surface area contributed by atoms with E-state index in [0.29, 0.717) is 29.9 Å². The summed E-state index contributed by atoms with van der Waals surface area (Å²) in [5.74, 6) is -5.39. The lowest BCUT2D eigenvalue weighted by Gasteiger charge is -2.46. The standard InChI is InChI=1S/C26H30N2O7.C2H7N.CH4/c27-25(34)20-17(29)11-16-10-15-9-14-4-3-13(2-1-12-5-7-28-8-6-12)21(30)18(14)22(31)19(15)23(32)26(16,35)24(20)33;1-3-2;/h3-4,12,15-16,28,30-31,33,35H,1-2,5-11H2,(H2,27,34);3H,1-2H3;1H4/t15-,16-,26-;;/m0../s1. The molecule has 1 amide bonds. The first-order valence-corrected chi connectivity index (χ1v) is 13.2. The molecule has 10 nitrogen and oxygen atoms in total. The molecule has 0 aromatic heterocycles. The first kappa shape index (κ1) is 30.3. The fourth-order valence-electron chi connectivity index (χ4n) is 6.37. The lowest BCUT2D eigenvalue weighted by Crippen LogP contribution is -2.58. The Hall–Kier alpha value is -3.21. The van der Waals surface area contributed by atoms with Crippen LogP contribution in [0.3, 0.4) is 0 Å². The highest BCUT2D eigenvalue weighted by atomic mass is 16.3. The van der Waals surface area contributed by atoms with E-state index in [0.717, 1.165) is 32.4 Å². The predicted molar refractivity (Wildman–Crippen MR) is 147 cm³/mol. The minimum Gasteiger partial charge on any atom is -0.508 e. The van der Waals surface area contributed by atoms with Crippen LogP contribution in [-0.4, -0.2) is 70.7 Å². The molecule has 0 spiro atoms. The summed E-state index contributed by atoms with van der Waals surface area (Å²) >= 11 is 0. The molecule has 0 radical (unpaired) electrons. The van der Waals surface area contributed by atoms with Gasteiger partial charge in [-0.15, -0.1) is 0 Å². The van der Waals surface area contributed by atoms with Crippen molar-refractivity contribution in [2.75, 3.05) is 27.2 Å². The number of hydrogen-bond donors (Lipinski definition) is 7. The molecule has 4 aliphatic rings. The number of Topliss-reactive ketones (excluding diaryl/α,β-unsaturated/α-hetero) is 2. The van der Waals surface area contributed by atoms with E-state index in [1.54, 1.807) is 0 Å². The number of ketones is 2. The maximum atomic E-state index is 13.5. The van der Waals surface area contributed by atoms with Crippen molar-refractivity contribution >= 4 is 23.2 Å². The summed E-state index contributed by atoms with van der Waals surface area (Å²) in [6.45, 7) is 1.96. The summed E-state index contributed by atoms with van der Waals surface area (Å²) < 4.78 is 0. The monoisotopic (exact) mass is 543 g/mol. The van der Waals surface area contributed by atoms with Gasteiger partial charge in [0.15, 0.2) is 11.4 Å². The van der Waals surface area contributed by atoms with Crippen LogP contribution in [-0.2, 0) is 27.2 Å². The maximum absolute atomic E-state index is 13.5. The van der Waals surface area contributed by atoms with Crippen LogP contribution in [0.2, 0.25) is 0 Å². The third kappa shape index (κ3) is 5.20. The Labute approximate surface area is 229 Å². The topological polar surface area (TPSA) is 182 Å². The summed E-state index contributed by atoms with van der Waals surface area (Å²) in [6, 6.07) is 3.70. The summed E-state index contributed by atoms with van der Waals surface area (Å²) in [4.78, 5) is 37.7. The average molecular weight is 544 g/mol. The Kier molecular flexibility index (Phi) is 9.25. The molecule has 1 aromatic carbocycles. The molecular formula is C29H41N3O7. The minimum atomic E-state index is -2.53. The molecule has 0 bridgehead atoms. The molecule has 2 fully saturated rings. The molecule has 214 valence electrons. The Morgan fingerprint density at radius 2 is 1.77 bits per heavy atom. The number of rotatable bonds is 4. The number of carbonyl (C=O) groups is 3. The third-order valence-electron chi connectivity index (χ3n) is 8.30. The van der Waals surface area contributed by atoms with Gasteiger partial charge in [0.25, 0.3) is 5.91 Å². The second-order valence-electron chi connectivity index (χ2n) is 10.7. The summed E-state index contributed by atoms with van der Waals surface area (Å²) in [6.07, 6.45) is 3.83. The fraction of sp³-hybridized carbons (Fsp3) is 0.552. The highest BCUT2D eigenvalue weighted by Gasteiger charge is 2.60. The van der Waals surface area contributed by atoms with Crippen molar-refractivity contribution in [2.45, 2.75) is 58.0 Å². The normalized spacial score (nSPS) is 26.5. The van der Waals surface area contributed by atoms with Crippen molar-refractivity contribution in [2.24, 2.45) is 23.5 Å². The van der Waals surface area contributed by atoms with Crippen molar-refractivity contribution in [1.82, 2.24) is 10.6 Å². The van der Waals surface area contributed by atoms with Gasteiger partial charge in [-0.1, -0.05) is 19.6 Å². The molecule has 1 heterocycles. The Bertz CT molecular complexity index is 1220. The number of nitrogens with one attached hydrogen (secondary N) is 2. The Morgan fingerprint density at radius 3 is 2.38 bits per heavy atom. The predicted octanol–water partition coefficient (Wildman–Crippen LogP) is 1.83. The van der Waals surface area contributed by atoms with Crippen LogP contribution in [0.4, 0.5) is 0 Å². The molecule has 3 atom stereocenters. The molecule has 1 aromatic rings. The maximum Gasteiger partial charge on any atom is 0.255 e. The number of aliphatic hydroxyl groups is 3. The van der Waals surface area contributed by atoms with Crippen molar-refractivity contribution in [3.05, 3.63) is 45.7 Å². The molecule has 0 unspecified atom stereocenters. The number of phenols is 1. The summed E-state index contributed by atoms with van der Waals surface area (Å²) in [7, 11) is 3.75. The molecule has 1 saturated heterocycles. The van der Waals surface area contributed by atoms with Gasteiger partial charge in [-0.05, 0) is 88.7 Å². The first-order chi connectivity index (χ1) is 18.1. The highest BCUT2D eigenvalue weighted by molar-refractivity contribution is 6.22. The number of aromatic hydroxyl groups is 1. The number of nitrogens with two attached hydrogens (primary N) is 1. The van der Waals surface area contributed by atoms with Gasteiger partial charge >= 0.3 is 0 Å². The van der Waals surface area contributed by atoms with Gasteiger partial charge in [0.2, 0.25) is 5.78 Å². The molecule has 5 rings (SSSR count). The van der Waals surface area contributed by atoms with Crippen molar-refractivity contribution in [1.29, 1.82) is 0 Å². The van der Waals surface area contributed by atoms with Gasteiger partial charge in [0.05, 0.1) is 5.56 Å². The first-order valence-electron chi connectivity index (χ1n) is 13.2. The van der Waals surface area contributed by atoms with Crippen LogP contribution in [0, 0.1) is 17.8 Å². The third-order valence-corrected chi connectivity index (χ3v) is 8.30. The number of fused-ring (bicyclic) bond motifs is 3.